The highest BCUT2D eigenvalue weighted by atomic mass is 35.5. The van der Waals surface area contributed by atoms with Crippen LogP contribution < -0.4 is 5.32 Å². The lowest BCUT2D eigenvalue weighted by Crippen LogP contribution is -2.08. The first-order chi connectivity index (χ1) is 8.97. The molecule has 0 aliphatic heterocycles. The van der Waals surface area contributed by atoms with Crippen molar-refractivity contribution in [3.8, 4) is 0 Å². The van der Waals surface area contributed by atoms with E-state index in [1.165, 1.54) is 29.9 Å². The molecule has 1 heterocycles. The number of carbonyl (C=O) groups is 1. The van der Waals surface area contributed by atoms with Crippen LogP contribution in [0.25, 0.3) is 0 Å². The highest BCUT2D eigenvalue weighted by molar-refractivity contribution is 6.33. The van der Waals surface area contributed by atoms with Gasteiger partial charge in [-0.2, -0.15) is 5.10 Å². The second kappa shape index (κ2) is 5.59. The Balaban J connectivity index is 2.27. The lowest BCUT2D eigenvalue weighted by molar-refractivity contribution is -0.114. The number of hydrogen-bond donors (Lipinski definition) is 1. The standard InChI is InChI=1S/C12H10Cl2FN3O/c1-7(19)16-12-10(14)6-18(17-12)5-8-9(13)3-2-4-11(8)15/h2-4,6H,5H2,1H3,(H,16,17,19). The van der Waals surface area contributed by atoms with Crippen molar-refractivity contribution in [2.24, 2.45) is 0 Å². The highest BCUT2D eigenvalue weighted by Crippen LogP contribution is 2.23. The van der Waals surface area contributed by atoms with Gasteiger partial charge in [-0.1, -0.05) is 29.3 Å². The number of anilines is 1. The summed E-state index contributed by atoms with van der Waals surface area (Å²) in [4.78, 5) is 10.9. The van der Waals surface area contributed by atoms with Crippen LogP contribution in [0.5, 0.6) is 0 Å². The number of amides is 1. The maximum Gasteiger partial charge on any atom is 0.222 e. The molecule has 2 aromatic rings. The van der Waals surface area contributed by atoms with Gasteiger partial charge in [0.2, 0.25) is 5.91 Å². The summed E-state index contributed by atoms with van der Waals surface area (Å²) in [7, 11) is 0. The maximum atomic E-state index is 13.6. The Morgan fingerprint density at radius 3 is 2.79 bits per heavy atom. The van der Waals surface area contributed by atoms with E-state index < -0.39 is 5.82 Å². The number of aromatic nitrogens is 2. The molecule has 2 rings (SSSR count). The summed E-state index contributed by atoms with van der Waals surface area (Å²) < 4.78 is 15.0. The number of benzene rings is 1. The fourth-order valence-corrected chi connectivity index (χ4v) is 2.00. The van der Waals surface area contributed by atoms with Gasteiger partial charge in [-0.15, -0.1) is 0 Å². The quantitative estimate of drug-likeness (QED) is 0.945. The van der Waals surface area contributed by atoms with Crippen LogP contribution in [-0.4, -0.2) is 15.7 Å². The molecule has 7 heteroatoms. The Bertz CT molecular complexity index is 607. The van der Waals surface area contributed by atoms with Crippen molar-refractivity contribution < 1.29 is 9.18 Å². The minimum absolute atomic E-state index is 0.130. The van der Waals surface area contributed by atoms with E-state index in [1.807, 2.05) is 0 Å². The minimum atomic E-state index is -0.416. The Hall–Kier alpha value is -1.59. The first-order valence-electron chi connectivity index (χ1n) is 5.41. The van der Waals surface area contributed by atoms with Crippen LogP contribution in [0, 0.1) is 5.82 Å². The van der Waals surface area contributed by atoms with E-state index in [0.29, 0.717) is 10.6 Å². The fraction of sp³-hybridized carbons (Fsp3) is 0.167. The molecule has 0 aliphatic rings. The molecule has 100 valence electrons. The van der Waals surface area contributed by atoms with Gasteiger partial charge in [0.1, 0.15) is 10.8 Å². The molecular weight excluding hydrogens is 292 g/mol. The second-order valence-corrected chi connectivity index (χ2v) is 4.72. The smallest absolute Gasteiger partial charge is 0.222 e. The summed E-state index contributed by atoms with van der Waals surface area (Å²) >= 11 is 11.8. The van der Waals surface area contributed by atoms with Gasteiger partial charge in [0.25, 0.3) is 0 Å². The number of carbonyl (C=O) groups excluding carboxylic acids is 1. The van der Waals surface area contributed by atoms with Gasteiger partial charge in [0.05, 0.1) is 6.54 Å². The topological polar surface area (TPSA) is 46.9 Å². The molecule has 0 unspecified atom stereocenters. The van der Waals surface area contributed by atoms with Crippen molar-refractivity contribution in [3.63, 3.8) is 0 Å². The third kappa shape index (κ3) is 3.24. The van der Waals surface area contributed by atoms with E-state index in [4.69, 9.17) is 23.2 Å². The first kappa shape index (κ1) is 13.8. The molecule has 0 spiro atoms. The number of nitrogens with zero attached hydrogens (tertiary/aromatic N) is 2. The number of halogens is 3. The SMILES string of the molecule is CC(=O)Nc1nn(Cc2c(F)cccc2Cl)cc1Cl. The van der Waals surface area contributed by atoms with Gasteiger partial charge in [-0.25, -0.2) is 4.39 Å². The van der Waals surface area contributed by atoms with E-state index in [-0.39, 0.29) is 23.3 Å². The summed E-state index contributed by atoms with van der Waals surface area (Å²) in [5.74, 6) is -0.460. The molecule has 1 N–H and O–H groups in total. The Morgan fingerprint density at radius 2 is 2.16 bits per heavy atom. The van der Waals surface area contributed by atoms with Crippen molar-refractivity contribution in [1.29, 1.82) is 0 Å². The summed E-state index contributed by atoms with van der Waals surface area (Å²) in [5.41, 5.74) is 0.317. The average molecular weight is 302 g/mol. The van der Waals surface area contributed by atoms with Crippen LogP contribution in [0.3, 0.4) is 0 Å². The Kier molecular flexibility index (Phi) is 4.07. The molecule has 0 aliphatic carbocycles. The number of nitrogens with one attached hydrogen (secondary N) is 1. The van der Waals surface area contributed by atoms with Gasteiger partial charge in [-0.3, -0.25) is 9.48 Å². The maximum absolute atomic E-state index is 13.6. The second-order valence-electron chi connectivity index (χ2n) is 3.90. The Morgan fingerprint density at radius 1 is 1.42 bits per heavy atom. The number of rotatable bonds is 3. The molecule has 1 aromatic heterocycles. The van der Waals surface area contributed by atoms with Crippen LogP contribution >= 0.6 is 23.2 Å². The zero-order valence-corrected chi connectivity index (χ0v) is 11.5. The molecule has 1 aromatic carbocycles. The van der Waals surface area contributed by atoms with Crippen LogP contribution in [0.15, 0.2) is 24.4 Å². The predicted molar refractivity (Wildman–Crippen MR) is 72.1 cm³/mol. The van der Waals surface area contributed by atoms with Gasteiger partial charge in [0, 0.05) is 23.7 Å². The van der Waals surface area contributed by atoms with Crippen molar-refractivity contribution in [2.45, 2.75) is 13.5 Å². The van der Waals surface area contributed by atoms with Crippen LogP contribution in [0.4, 0.5) is 10.2 Å². The Labute approximate surface area is 119 Å². The van der Waals surface area contributed by atoms with E-state index in [2.05, 4.69) is 10.4 Å². The van der Waals surface area contributed by atoms with Crippen molar-refractivity contribution >= 4 is 34.9 Å². The molecule has 0 bridgehead atoms. The van der Waals surface area contributed by atoms with Crippen molar-refractivity contribution in [1.82, 2.24) is 9.78 Å². The first-order valence-corrected chi connectivity index (χ1v) is 6.16. The van der Waals surface area contributed by atoms with Gasteiger partial charge < -0.3 is 5.32 Å². The normalized spacial score (nSPS) is 10.5. The summed E-state index contributed by atoms with van der Waals surface area (Å²) in [6.45, 7) is 1.48. The molecule has 0 fully saturated rings. The lowest BCUT2D eigenvalue weighted by atomic mass is 10.2. The zero-order valence-electron chi connectivity index (χ0n) is 9.95. The lowest BCUT2D eigenvalue weighted by Gasteiger charge is -2.05. The van der Waals surface area contributed by atoms with Gasteiger partial charge >= 0.3 is 0 Å². The van der Waals surface area contributed by atoms with Crippen LogP contribution in [0.2, 0.25) is 10.0 Å². The molecule has 0 radical (unpaired) electrons. The molecule has 0 saturated heterocycles. The molecule has 1 amide bonds. The highest BCUT2D eigenvalue weighted by Gasteiger charge is 2.12. The predicted octanol–water partition coefficient (Wildman–Crippen LogP) is 3.34. The molecular formula is C12H10Cl2FN3O. The third-order valence-electron chi connectivity index (χ3n) is 2.39. The molecule has 19 heavy (non-hydrogen) atoms. The fourth-order valence-electron chi connectivity index (χ4n) is 1.57. The summed E-state index contributed by atoms with van der Waals surface area (Å²) in [6, 6.07) is 4.45. The van der Waals surface area contributed by atoms with E-state index in [1.54, 1.807) is 6.07 Å². The monoisotopic (exact) mass is 301 g/mol. The molecule has 4 nitrogen and oxygen atoms in total. The van der Waals surface area contributed by atoms with Crippen molar-refractivity contribution in [3.05, 3.63) is 45.8 Å². The van der Waals surface area contributed by atoms with E-state index >= 15 is 0 Å². The molecule has 0 atom stereocenters. The van der Waals surface area contributed by atoms with Crippen LogP contribution in [-0.2, 0) is 11.3 Å². The van der Waals surface area contributed by atoms with Gasteiger partial charge in [-0.05, 0) is 12.1 Å². The third-order valence-corrected chi connectivity index (χ3v) is 3.02. The molecule has 0 saturated carbocycles. The largest absolute Gasteiger partial charge is 0.308 e. The number of hydrogen-bond acceptors (Lipinski definition) is 2. The van der Waals surface area contributed by atoms with Crippen LogP contribution in [0.1, 0.15) is 12.5 Å². The summed E-state index contributed by atoms with van der Waals surface area (Å²) in [6.07, 6.45) is 1.50. The van der Waals surface area contributed by atoms with Crippen molar-refractivity contribution in [2.75, 3.05) is 5.32 Å². The van der Waals surface area contributed by atoms with E-state index in [9.17, 15) is 9.18 Å². The van der Waals surface area contributed by atoms with Gasteiger partial charge in [0.15, 0.2) is 5.82 Å². The zero-order chi connectivity index (χ0) is 14.0. The average Bonchev–Trinajstić information content (AvgIpc) is 2.64. The summed E-state index contributed by atoms with van der Waals surface area (Å²) in [5, 5.41) is 7.13. The minimum Gasteiger partial charge on any atom is -0.308 e. The van der Waals surface area contributed by atoms with E-state index in [0.717, 1.165) is 0 Å².